The van der Waals surface area contributed by atoms with Crippen LogP contribution in [0.3, 0.4) is 0 Å². The third kappa shape index (κ3) is 2.37. The van der Waals surface area contributed by atoms with Gasteiger partial charge in [0.1, 0.15) is 6.17 Å². The summed E-state index contributed by atoms with van der Waals surface area (Å²) in [5.74, 6) is 0. The maximum absolute atomic E-state index is 2.52. The molecule has 2 nitrogen and oxygen atoms in total. The first-order valence-electron chi connectivity index (χ1n) is 10.7. The second-order valence-electron chi connectivity index (χ2n) is 8.29. The quantitative estimate of drug-likeness (QED) is 0.315. The molecule has 2 heteroatoms. The molecule has 0 amide bonds. The molecule has 1 aliphatic heterocycles. The Bertz CT molecular complexity index is 1260. The Morgan fingerprint density at radius 3 is 2.23 bits per heavy atom. The molecule has 0 N–H and O–H groups in total. The van der Waals surface area contributed by atoms with Crippen LogP contribution in [0, 0.1) is 6.92 Å². The zero-order valence-corrected chi connectivity index (χ0v) is 17.3. The van der Waals surface area contributed by atoms with Crippen LogP contribution < -0.4 is 9.80 Å². The molecule has 30 heavy (non-hydrogen) atoms. The van der Waals surface area contributed by atoms with Gasteiger partial charge >= 0.3 is 0 Å². The second kappa shape index (κ2) is 6.50. The molecule has 1 atom stereocenters. The van der Waals surface area contributed by atoms with E-state index in [9.17, 15) is 0 Å². The minimum atomic E-state index is 0.193. The summed E-state index contributed by atoms with van der Waals surface area (Å²) in [7, 11) is 0. The van der Waals surface area contributed by atoms with E-state index in [1.165, 1.54) is 50.6 Å². The van der Waals surface area contributed by atoms with E-state index in [1.54, 1.807) is 0 Å². The van der Waals surface area contributed by atoms with Crippen molar-refractivity contribution in [3.05, 3.63) is 108 Å². The lowest BCUT2D eigenvalue weighted by atomic mass is 10.0. The average molecular weight is 389 g/mol. The third-order valence-corrected chi connectivity index (χ3v) is 6.59. The summed E-state index contributed by atoms with van der Waals surface area (Å²) >= 11 is 0. The summed E-state index contributed by atoms with van der Waals surface area (Å²) in [5.41, 5.74) is 12.1. The van der Waals surface area contributed by atoms with Gasteiger partial charge in [0, 0.05) is 17.8 Å². The molecule has 0 radical (unpaired) electrons. The van der Waals surface area contributed by atoms with Crippen LogP contribution in [0.1, 0.15) is 23.6 Å². The van der Waals surface area contributed by atoms with Crippen molar-refractivity contribution >= 4 is 22.7 Å². The van der Waals surface area contributed by atoms with Crippen LogP contribution in [-0.2, 0) is 6.42 Å². The van der Waals surface area contributed by atoms with Crippen LogP contribution in [0.25, 0.3) is 11.1 Å². The van der Waals surface area contributed by atoms with Crippen LogP contribution in [0.4, 0.5) is 22.7 Å². The highest BCUT2D eigenvalue weighted by molar-refractivity contribution is 5.96. The first-order chi connectivity index (χ1) is 14.7. The summed E-state index contributed by atoms with van der Waals surface area (Å²) in [5, 5.41) is 0. The minimum Gasteiger partial charge on any atom is -0.318 e. The molecule has 0 spiro atoms. The van der Waals surface area contributed by atoms with E-state index in [1.807, 2.05) is 0 Å². The number of para-hydroxylation sites is 2. The highest BCUT2D eigenvalue weighted by atomic mass is 15.4. The Kier molecular flexibility index (Phi) is 3.76. The zero-order chi connectivity index (χ0) is 20.2. The normalized spacial score (nSPS) is 16.4. The fraction of sp³-hybridized carbons (Fsp3) is 0.143. The predicted octanol–water partition coefficient (Wildman–Crippen LogP) is 7.20. The van der Waals surface area contributed by atoms with Crippen molar-refractivity contribution in [2.24, 2.45) is 0 Å². The molecule has 2 aliphatic rings. The Balaban J connectivity index is 1.62. The SMILES string of the molecule is Cc1ccccc1N1c2ccc3c(c2N(c2ccccc2)[C@@H]1C)Cc1ccccc1-3. The van der Waals surface area contributed by atoms with Crippen molar-refractivity contribution in [1.82, 2.24) is 0 Å². The molecular formula is C28H24N2. The highest BCUT2D eigenvalue weighted by Gasteiger charge is 2.39. The molecule has 0 aromatic heterocycles. The van der Waals surface area contributed by atoms with Crippen molar-refractivity contribution in [2.75, 3.05) is 9.80 Å². The number of aryl methyl sites for hydroxylation is 1. The van der Waals surface area contributed by atoms with Gasteiger partial charge in [0.25, 0.3) is 0 Å². The molecule has 0 unspecified atom stereocenters. The molecule has 1 heterocycles. The number of benzene rings is 4. The number of rotatable bonds is 2. The van der Waals surface area contributed by atoms with Gasteiger partial charge in [-0.3, -0.25) is 0 Å². The van der Waals surface area contributed by atoms with Gasteiger partial charge in [0.05, 0.1) is 11.4 Å². The molecule has 0 bridgehead atoms. The zero-order valence-electron chi connectivity index (χ0n) is 17.3. The maximum Gasteiger partial charge on any atom is 0.108 e. The summed E-state index contributed by atoms with van der Waals surface area (Å²) in [6.07, 6.45) is 1.19. The van der Waals surface area contributed by atoms with Gasteiger partial charge in [0.2, 0.25) is 0 Å². The average Bonchev–Trinajstić information content (AvgIpc) is 3.29. The molecule has 0 saturated carbocycles. The summed E-state index contributed by atoms with van der Waals surface area (Å²) < 4.78 is 0. The number of hydrogen-bond acceptors (Lipinski definition) is 2. The van der Waals surface area contributed by atoms with Crippen molar-refractivity contribution in [1.29, 1.82) is 0 Å². The van der Waals surface area contributed by atoms with E-state index in [-0.39, 0.29) is 6.17 Å². The van der Waals surface area contributed by atoms with E-state index < -0.39 is 0 Å². The number of hydrogen-bond donors (Lipinski definition) is 0. The Morgan fingerprint density at radius 1 is 0.667 bits per heavy atom. The van der Waals surface area contributed by atoms with Gasteiger partial charge in [-0.1, -0.05) is 66.7 Å². The molecule has 1 aliphatic carbocycles. The number of fused-ring (bicyclic) bond motifs is 5. The van der Waals surface area contributed by atoms with E-state index in [0.717, 1.165) is 6.42 Å². The highest BCUT2D eigenvalue weighted by Crippen LogP contribution is 2.54. The molecular weight excluding hydrogens is 364 g/mol. The third-order valence-electron chi connectivity index (χ3n) is 6.59. The van der Waals surface area contributed by atoms with Gasteiger partial charge in [-0.2, -0.15) is 0 Å². The van der Waals surface area contributed by atoms with Gasteiger partial charge < -0.3 is 9.80 Å². The van der Waals surface area contributed by atoms with Crippen molar-refractivity contribution in [3.8, 4) is 11.1 Å². The molecule has 4 aromatic carbocycles. The lowest BCUT2D eigenvalue weighted by Crippen LogP contribution is -2.35. The van der Waals surface area contributed by atoms with E-state index >= 15 is 0 Å². The fourth-order valence-electron chi connectivity index (χ4n) is 5.25. The van der Waals surface area contributed by atoms with Gasteiger partial charge in [-0.25, -0.2) is 0 Å². The summed E-state index contributed by atoms with van der Waals surface area (Å²) in [6.45, 7) is 4.52. The van der Waals surface area contributed by atoms with Crippen molar-refractivity contribution < 1.29 is 0 Å². The Morgan fingerprint density at radius 2 is 1.40 bits per heavy atom. The first kappa shape index (κ1) is 17.3. The van der Waals surface area contributed by atoms with Crippen LogP contribution in [0.2, 0.25) is 0 Å². The number of nitrogens with zero attached hydrogens (tertiary/aromatic N) is 2. The lowest BCUT2D eigenvalue weighted by molar-refractivity contribution is 0.758. The van der Waals surface area contributed by atoms with Gasteiger partial charge in [-0.15, -0.1) is 0 Å². The van der Waals surface area contributed by atoms with Crippen LogP contribution in [-0.4, -0.2) is 6.17 Å². The molecule has 6 rings (SSSR count). The lowest BCUT2D eigenvalue weighted by Gasteiger charge is -2.31. The van der Waals surface area contributed by atoms with E-state index in [0.29, 0.717) is 0 Å². The van der Waals surface area contributed by atoms with E-state index in [2.05, 4.69) is 115 Å². The van der Waals surface area contributed by atoms with E-state index in [4.69, 9.17) is 0 Å². The number of anilines is 4. The van der Waals surface area contributed by atoms with Gasteiger partial charge in [0.15, 0.2) is 0 Å². The van der Waals surface area contributed by atoms with Crippen LogP contribution >= 0.6 is 0 Å². The molecule has 0 fully saturated rings. The monoisotopic (exact) mass is 388 g/mol. The second-order valence-corrected chi connectivity index (χ2v) is 8.29. The summed E-state index contributed by atoms with van der Waals surface area (Å²) in [6, 6.07) is 33.0. The molecule has 146 valence electrons. The molecule has 4 aromatic rings. The molecule has 0 saturated heterocycles. The van der Waals surface area contributed by atoms with Gasteiger partial charge in [-0.05, 0) is 65.9 Å². The van der Waals surface area contributed by atoms with Crippen LogP contribution in [0.5, 0.6) is 0 Å². The Hall–Kier alpha value is -3.52. The summed E-state index contributed by atoms with van der Waals surface area (Å²) in [4.78, 5) is 5.02. The van der Waals surface area contributed by atoms with Crippen LogP contribution in [0.15, 0.2) is 91.0 Å². The smallest absolute Gasteiger partial charge is 0.108 e. The topological polar surface area (TPSA) is 6.48 Å². The largest absolute Gasteiger partial charge is 0.318 e. The maximum atomic E-state index is 2.52. The minimum absolute atomic E-state index is 0.193. The van der Waals surface area contributed by atoms with Crippen molar-refractivity contribution in [3.63, 3.8) is 0 Å². The standard InChI is InChI=1S/C28H24N2/c1-19-10-6-9-15-26(19)30-20(2)29(22-12-4-3-5-13-22)28-25-18-21-11-7-8-14-23(21)24(25)16-17-27(28)30/h3-17,20H,18H2,1-2H3/t20-/m0/s1. The first-order valence-corrected chi connectivity index (χ1v) is 10.7. The predicted molar refractivity (Wildman–Crippen MR) is 126 cm³/mol. The van der Waals surface area contributed by atoms with Crippen molar-refractivity contribution in [2.45, 2.75) is 26.4 Å². The fourth-order valence-corrected chi connectivity index (χ4v) is 5.25. The Labute approximate surface area is 178 Å².